The van der Waals surface area contributed by atoms with Gasteiger partial charge in [-0.15, -0.1) is 0 Å². The lowest BCUT2D eigenvalue weighted by Gasteiger charge is -2.23. The molecule has 1 rings (SSSR count). The molecule has 0 aromatic heterocycles. The number of phenols is 1. The standard InChI is InChI=1S/C11H16N2O3/c1-7(6-14)13(2)11(16)8-4-3-5-9(12)10(8)15/h3-5,7,14-15H,6,12H2,1-2H3. The maximum absolute atomic E-state index is 11.9. The first-order chi connectivity index (χ1) is 7.49. The smallest absolute Gasteiger partial charge is 0.257 e. The minimum absolute atomic E-state index is 0.134. The van der Waals surface area contributed by atoms with Crippen molar-refractivity contribution < 1.29 is 15.0 Å². The monoisotopic (exact) mass is 224 g/mol. The lowest BCUT2D eigenvalue weighted by molar-refractivity contribution is 0.0679. The molecule has 1 unspecified atom stereocenters. The van der Waals surface area contributed by atoms with Crippen molar-refractivity contribution in [2.24, 2.45) is 0 Å². The fraction of sp³-hybridized carbons (Fsp3) is 0.364. The summed E-state index contributed by atoms with van der Waals surface area (Å²) in [5.74, 6) is -0.587. The van der Waals surface area contributed by atoms with Crippen LogP contribution < -0.4 is 5.73 Å². The van der Waals surface area contributed by atoms with Crippen molar-refractivity contribution in [3.05, 3.63) is 23.8 Å². The number of nitrogens with two attached hydrogens (primary N) is 1. The highest BCUT2D eigenvalue weighted by Crippen LogP contribution is 2.25. The second kappa shape index (κ2) is 4.85. The molecule has 16 heavy (non-hydrogen) atoms. The van der Waals surface area contributed by atoms with Crippen LogP contribution in [-0.2, 0) is 0 Å². The SMILES string of the molecule is CC(CO)N(C)C(=O)c1cccc(N)c1O. The predicted octanol–water partition coefficient (Wildman–Crippen LogP) is 0.427. The average Bonchev–Trinajstić information content (AvgIpc) is 2.29. The number of aliphatic hydroxyl groups excluding tert-OH is 1. The van der Waals surface area contributed by atoms with Gasteiger partial charge in [0.25, 0.3) is 5.91 Å². The summed E-state index contributed by atoms with van der Waals surface area (Å²) in [5.41, 5.74) is 5.80. The molecule has 1 aromatic rings. The molecule has 0 heterocycles. The van der Waals surface area contributed by atoms with Gasteiger partial charge in [0.2, 0.25) is 0 Å². The number of likely N-dealkylation sites (N-methyl/N-ethyl adjacent to an activating group) is 1. The molecule has 0 spiro atoms. The van der Waals surface area contributed by atoms with E-state index in [0.29, 0.717) is 0 Å². The van der Waals surface area contributed by atoms with E-state index in [0.717, 1.165) is 0 Å². The van der Waals surface area contributed by atoms with Gasteiger partial charge < -0.3 is 20.8 Å². The van der Waals surface area contributed by atoms with Gasteiger partial charge in [0.15, 0.2) is 5.75 Å². The van der Waals surface area contributed by atoms with Gasteiger partial charge in [0.05, 0.1) is 23.9 Å². The van der Waals surface area contributed by atoms with E-state index in [1.165, 1.54) is 17.0 Å². The van der Waals surface area contributed by atoms with Crippen LogP contribution in [0.25, 0.3) is 0 Å². The number of rotatable bonds is 3. The van der Waals surface area contributed by atoms with Crippen molar-refractivity contribution in [1.82, 2.24) is 4.90 Å². The molecule has 0 saturated carbocycles. The molecule has 88 valence electrons. The number of nitrogen functional groups attached to an aromatic ring is 1. The van der Waals surface area contributed by atoms with Crippen LogP contribution in [0.4, 0.5) is 5.69 Å². The fourth-order valence-electron chi connectivity index (χ4n) is 1.25. The topological polar surface area (TPSA) is 86.8 Å². The normalized spacial score (nSPS) is 12.2. The van der Waals surface area contributed by atoms with E-state index in [1.54, 1.807) is 20.0 Å². The van der Waals surface area contributed by atoms with Crippen molar-refractivity contribution in [1.29, 1.82) is 0 Å². The second-order valence-corrected chi connectivity index (χ2v) is 3.69. The van der Waals surface area contributed by atoms with E-state index >= 15 is 0 Å². The Balaban J connectivity index is 3.01. The highest BCUT2D eigenvalue weighted by Gasteiger charge is 2.20. The number of aromatic hydroxyl groups is 1. The van der Waals surface area contributed by atoms with Crippen molar-refractivity contribution in [3.63, 3.8) is 0 Å². The minimum atomic E-state index is -0.369. The Labute approximate surface area is 94.1 Å². The zero-order valence-corrected chi connectivity index (χ0v) is 9.34. The van der Waals surface area contributed by atoms with Gasteiger partial charge in [-0.05, 0) is 19.1 Å². The van der Waals surface area contributed by atoms with Crippen LogP contribution in [0.3, 0.4) is 0 Å². The summed E-state index contributed by atoms with van der Waals surface area (Å²) in [7, 11) is 1.56. The number of benzene rings is 1. The van der Waals surface area contributed by atoms with Gasteiger partial charge in [-0.3, -0.25) is 4.79 Å². The van der Waals surface area contributed by atoms with Crippen LogP contribution in [0.15, 0.2) is 18.2 Å². The molecule has 0 aliphatic rings. The first kappa shape index (κ1) is 12.3. The van der Waals surface area contributed by atoms with Crippen molar-refractivity contribution in [2.45, 2.75) is 13.0 Å². The second-order valence-electron chi connectivity index (χ2n) is 3.69. The van der Waals surface area contributed by atoms with E-state index in [-0.39, 0.29) is 35.6 Å². The molecule has 0 saturated heterocycles. The van der Waals surface area contributed by atoms with E-state index in [9.17, 15) is 9.90 Å². The number of nitrogens with zero attached hydrogens (tertiary/aromatic N) is 1. The van der Waals surface area contributed by atoms with Gasteiger partial charge in [0, 0.05) is 7.05 Å². The Kier molecular flexibility index (Phi) is 3.73. The number of aliphatic hydroxyl groups is 1. The van der Waals surface area contributed by atoms with Crippen LogP contribution >= 0.6 is 0 Å². The van der Waals surface area contributed by atoms with Crippen molar-refractivity contribution >= 4 is 11.6 Å². The van der Waals surface area contributed by atoms with Gasteiger partial charge in [-0.1, -0.05) is 6.07 Å². The molecule has 5 nitrogen and oxygen atoms in total. The highest BCUT2D eigenvalue weighted by molar-refractivity contribution is 5.98. The zero-order chi connectivity index (χ0) is 12.3. The zero-order valence-electron chi connectivity index (χ0n) is 9.34. The van der Waals surface area contributed by atoms with E-state index in [2.05, 4.69) is 0 Å². The Morgan fingerprint density at radius 1 is 1.56 bits per heavy atom. The van der Waals surface area contributed by atoms with Crippen LogP contribution in [0.2, 0.25) is 0 Å². The number of anilines is 1. The number of hydrogen-bond donors (Lipinski definition) is 3. The molecule has 1 amide bonds. The van der Waals surface area contributed by atoms with Crippen molar-refractivity contribution in [2.75, 3.05) is 19.4 Å². The summed E-state index contributed by atoms with van der Waals surface area (Å²) < 4.78 is 0. The highest BCUT2D eigenvalue weighted by atomic mass is 16.3. The van der Waals surface area contributed by atoms with E-state index in [1.807, 2.05) is 0 Å². The lowest BCUT2D eigenvalue weighted by atomic mass is 10.1. The summed E-state index contributed by atoms with van der Waals surface area (Å²) in [6.07, 6.45) is 0. The Morgan fingerprint density at radius 2 is 2.19 bits per heavy atom. The van der Waals surface area contributed by atoms with Gasteiger partial charge in [0.1, 0.15) is 0 Å². The molecule has 0 fully saturated rings. The number of carbonyl (C=O) groups excluding carboxylic acids is 1. The number of carbonyl (C=O) groups is 1. The Morgan fingerprint density at radius 3 is 2.75 bits per heavy atom. The minimum Gasteiger partial charge on any atom is -0.505 e. The molecule has 4 N–H and O–H groups in total. The molecule has 1 atom stereocenters. The molecule has 5 heteroatoms. The molecule has 0 aliphatic heterocycles. The number of hydrogen-bond acceptors (Lipinski definition) is 4. The molecular formula is C11H16N2O3. The predicted molar refractivity (Wildman–Crippen MR) is 61.2 cm³/mol. The summed E-state index contributed by atoms with van der Waals surface area (Å²) in [6.45, 7) is 1.58. The van der Waals surface area contributed by atoms with Gasteiger partial charge in [-0.2, -0.15) is 0 Å². The Bertz CT molecular complexity index is 393. The number of phenolic OH excluding ortho intramolecular Hbond substituents is 1. The van der Waals surface area contributed by atoms with Crippen LogP contribution in [0.5, 0.6) is 5.75 Å². The van der Waals surface area contributed by atoms with Crippen molar-refractivity contribution in [3.8, 4) is 5.75 Å². The first-order valence-corrected chi connectivity index (χ1v) is 4.94. The van der Waals surface area contributed by atoms with Gasteiger partial charge in [-0.25, -0.2) is 0 Å². The van der Waals surface area contributed by atoms with E-state index in [4.69, 9.17) is 10.8 Å². The van der Waals surface area contributed by atoms with Gasteiger partial charge >= 0.3 is 0 Å². The first-order valence-electron chi connectivity index (χ1n) is 4.94. The summed E-state index contributed by atoms with van der Waals surface area (Å²) in [5, 5.41) is 18.6. The molecule has 0 aliphatic carbocycles. The molecular weight excluding hydrogens is 208 g/mol. The quantitative estimate of drug-likeness (QED) is 0.513. The van der Waals surface area contributed by atoms with E-state index < -0.39 is 0 Å². The summed E-state index contributed by atoms with van der Waals surface area (Å²) >= 11 is 0. The third kappa shape index (κ3) is 2.25. The molecule has 0 radical (unpaired) electrons. The molecule has 1 aromatic carbocycles. The summed E-state index contributed by atoms with van der Waals surface area (Å²) in [6, 6.07) is 4.30. The third-order valence-corrected chi connectivity index (χ3v) is 2.54. The molecule has 0 bridgehead atoms. The third-order valence-electron chi connectivity index (χ3n) is 2.54. The average molecular weight is 224 g/mol. The number of amides is 1. The lowest BCUT2D eigenvalue weighted by Crippen LogP contribution is -2.37. The maximum atomic E-state index is 11.9. The van der Waals surface area contributed by atoms with Crippen LogP contribution in [-0.4, -0.2) is 40.7 Å². The summed E-state index contributed by atoms with van der Waals surface area (Å²) in [4.78, 5) is 13.3. The fourth-order valence-corrected chi connectivity index (χ4v) is 1.25. The van der Waals surface area contributed by atoms with Crippen LogP contribution in [0.1, 0.15) is 17.3 Å². The number of para-hydroxylation sites is 1. The largest absolute Gasteiger partial charge is 0.505 e. The maximum Gasteiger partial charge on any atom is 0.257 e. The Hall–Kier alpha value is -1.75. The van der Waals surface area contributed by atoms with Crippen LogP contribution in [0, 0.1) is 0 Å².